The maximum Gasteiger partial charge on any atom is 0.124 e. The average molecular weight is 230 g/mol. The number of nitriles is 1. The summed E-state index contributed by atoms with van der Waals surface area (Å²) in [6.07, 6.45) is 1.78. The molecule has 0 saturated heterocycles. The molecule has 2 N–H and O–H groups in total. The van der Waals surface area contributed by atoms with Crippen LogP contribution in [0, 0.1) is 30.6 Å². The summed E-state index contributed by atoms with van der Waals surface area (Å²) in [5.74, 6) is 0.802. The Morgan fingerprint density at radius 2 is 2.06 bits per heavy atom. The van der Waals surface area contributed by atoms with Crippen LogP contribution in [0.2, 0.25) is 0 Å². The number of methoxy groups -OCH3 is 1. The molecule has 1 fully saturated rings. The maximum absolute atomic E-state index is 9.23. The molecule has 1 aromatic rings. The molecule has 3 heteroatoms. The van der Waals surface area contributed by atoms with E-state index in [-0.39, 0.29) is 11.5 Å². The van der Waals surface area contributed by atoms with Crippen molar-refractivity contribution < 1.29 is 4.74 Å². The number of hydrogen-bond donors (Lipinski definition) is 1. The predicted octanol–water partition coefficient (Wildman–Crippen LogP) is 2.62. The molecule has 0 bridgehead atoms. The molecular weight excluding hydrogens is 212 g/mol. The molecule has 1 aromatic carbocycles. The van der Waals surface area contributed by atoms with E-state index in [2.05, 4.69) is 12.1 Å². The van der Waals surface area contributed by atoms with Crippen LogP contribution in [0.3, 0.4) is 0 Å². The van der Waals surface area contributed by atoms with Crippen LogP contribution in [-0.2, 0) is 0 Å². The van der Waals surface area contributed by atoms with Gasteiger partial charge >= 0.3 is 0 Å². The normalized spacial score (nSPS) is 18.3. The maximum atomic E-state index is 9.23. The zero-order valence-electron chi connectivity index (χ0n) is 10.6. The molecule has 90 valence electrons. The zero-order valence-corrected chi connectivity index (χ0v) is 10.6. The van der Waals surface area contributed by atoms with Gasteiger partial charge in [-0.15, -0.1) is 0 Å². The van der Waals surface area contributed by atoms with E-state index in [0.717, 1.165) is 35.3 Å². The summed E-state index contributed by atoms with van der Waals surface area (Å²) in [6, 6.07) is 6.19. The topological polar surface area (TPSA) is 59.0 Å². The largest absolute Gasteiger partial charge is 0.496 e. The Morgan fingerprint density at radius 1 is 1.41 bits per heavy atom. The van der Waals surface area contributed by atoms with Crippen LogP contribution in [0.15, 0.2) is 12.1 Å². The molecule has 0 amide bonds. The first-order valence-electron chi connectivity index (χ1n) is 5.86. The highest BCUT2D eigenvalue weighted by atomic mass is 16.5. The van der Waals surface area contributed by atoms with Crippen LogP contribution in [-0.4, -0.2) is 7.11 Å². The molecule has 0 heterocycles. The number of hydrogen-bond acceptors (Lipinski definition) is 3. The molecule has 1 saturated carbocycles. The summed E-state index contributed by atoms with van der Waals surface area (Å²) in [5, 5.41) is 9.23. The number of benzene rings is 1. The fourth-order valence-electron chi connectivity index (χ4n) is 2.41. The average Bonchev–Trinajstić information content (AvgIpc) is 3.08. The third kappa shape index (κ3) is 1.89. The third-order valence-electron chi connectivity index (χ3n) is 3.63. The molecule has 3 nitrogen and oxygen atoms in total. The van der Waals surface area contributed by atoms with Gasteiger partial charge in [0.2, 0.25) is 0 Å². The van der Waals surface area contributed by atoms with Crippen molar-refractivity contribution in [1.82, 2.24) is 0 Å². The van der Waals surface area contributed by atoms with E-state index in [4.69, 9.17) is 10.5 Å². The highest BCUT2D eigenvalue weighted by Gasteiger charge is 2.50. The van der Waals surface area contributed by atoms with Gasteiger partial charge in [0.25, 0.3) is 0 Å². The fourth-order valence-corrected chi connectivity index (χ4v) is 2.41. The summed E-state index contributed by atoms with van der Waals surface area (Å²) >= 11 is 0. The van der Waals surface area contributed by atoms with Crippen LogP contribution >= 0.6 is 0 Å². The van der Waals surface area contributed by atoms with Gasteiger partial charge in [-0.3, -0.25) is 0 Å². The van der Waals surface area contributed by atoms with Crippen molar-refractivity contribution in [2.45, 2.75) is 32.7 Å². The van der Waals surface area contributed by atoms with E-state index in [1.807, 2.05) is 19.9 Å². The second-order valence-electron chi connectivity index (χ2n) is 4.94. The van der Waals surface area contributed by atoms with Crippen molar-refractivity contribution in [2.24, 2.45) is 11.1 Å². The molecule has 1 aliphatic carbocycles. The quantitative estimate of drug-likeness (QED) is 0.868. The molecule has 2 rings (SSSR count). The Hall–Kier alpha value is -1.53. The molecule has 1 aliphatic rings. The summed E-state index contributed by atoms with van der Waals surface area (Å²) in [7, 11) is 1.65. The molecule has 17 heavy (non-hydrogen) atoms. The van der Waals surface area contributed by atoms with Crippen LogP contribution < -0.4 is 10.5 Å². The lowest BCUT2D eigenvalue weighted by molar-refractivity contribution is 0.395. The van der Waals surface area contributed by atoms with E-state index in [1.165, 1.54) is 0 Å². The van der Waals surface area contributed by atoms with Gasteiger partial charge < -0.3 is 10.5 Å². The first-order valence-corrected chi connectivity index (χ1v) is 5.86. The Balaban J connectivity index is 2.48. The van der Waals surface area contributed by atoms with Crippen LogP contribution in [0.5, 0.6) is 5.75 Å². The first-order chi connectivity index (χ1) is 8.04. The summed E-state index contributed by atoms with van der Waals surface area (Å²) in [6.45, 7) is 4.06. The van der Waals surface area contributed by atoms with Gasteiger partial charge in [0.15, 0.2) is 0 Å². The molecule has 0 spiro atoms. The second kappa shape index (κ2) is 4.05. The number of aryl methyl sites for hydroxylation is 2. The summed E-state index contributed by atoms with van der Waals surface area (Å²) < 4.78 is 5.41. The second-order valence-corrected chi connectivity index (χ2v) is 4.94. The highest BCUT2D eigenvalue weighted by molar-refractivity contribution is 5.47. The Kier molecular flexibility index (Phi) is 2.84. The van der Waals surface area contributed by atoms with Gasteiger partial charge in [0.05, 0.1) is 24.6 Å². The standard InChI is InChI=1S/C14H18N2O/c1-9-6-10(2)12(11(7-9)17-3)13(16)14(8-15)4-5-14/h6-7,13H,4-5,16H2,1-3H3. The number of ether oxygens (including phenoxy) is 1. The van der Waals surface area contributed by atoms with Gasteiger partial charge in [-0.05, 0) is 43.9 Å². The third-order valence-corrected chi connectivity index (χ3v) is 3.63. The van der Waals surface area contributed by atoms with Crippen molar-refractivity contribution in [1.29, 1.82) is 5.26 Å². The van der Waals surface area contributed by atoms with E-state index < -0.39 is 0 Å². The van der Waals surface area contributed by atoms with Crippen molar-refractivity contribution in [2.75, 3.05) is 7.11 Å². The minimum absolute atomic E-state index is 0.247. The predicted molar refractivity (Wildman–Crippen MR) is 66.7 cm³/mol. The first kappa shape index (κ1) is 11.9. The van der Waals surface area contributed by atoms with Crippen LogP contribution in [0.25, 0.3) is 0 Å². The van der Waals surface area contributed by atoms with Crippen molar-refractivity contribution >= 4 is 0 Å². The van der Waals surface area contributed by atoms with E-state index in [0.29, 0.717) is 0 Å². The molecule has 0 aliphatic heterocycles. The molecule has 0 aromatic heterocycles. The zero-order chi connectivity index (χ0) is 12.6. The molecule has 0 radical (unpaired) electrons. The minimum atomic E-state index is -0.368. The van der Waals surface area contributed by atoms with E-state index >= 15 is 0 Å². The lowest BCUT2D eigenvalue weighted by Gasteiger charge is -2.22. The monoisotopic (exact) mass is 230 g/mol. The van der Waals surface area contributed by atoms with Crippen LogP contribution in [0.4, 0.5) is 0 Å². The van der Waals surface area contributed by atoms with Gasteiger partial charge in [-0.1, -0.05) is 6.07 Å². The fraction of sp³-hybridized carbons (Fsp3) is 0.500. The SMILES string of the molecule is COc1cc(C)cc(C)c1C(N)C1(C#N)CC1. The van der Waals surface area contributed by atoms with Crippen molar-refractivity contribution in [3.8, 4) is 11.8 Å². The van der Waals surface area contributed by atoms with Gasteiger partial charge in [-0.25, -0.2) is 0 Å². The summed E-state index contributed by atoms with van der Waals surface area (Å²) in [5.41, 5.74) is 9.14. The Morgan fingerprint density at radius 3 is 2.53 bits per heavy atom. The van der Waals surface area contributed by atoms with Crippen molar-refractivity contribution in [3.63, 3.8) is 0 Å². The Labute approximate surface area is 102 Å². The van der Waals surface area contributed by atoms with E-state index in [1.54, 1.807) is 7.11 Å². The highest BCUT2D eigenvalue weighted by Crippen LogP contribution is 2.55. The van der Waals surface area contributed by atoms with Crippen LogP contribution in [0.1, 0.15) is 35.6 Å². The smallest absolute Gasteiger partial charge is 0.124 e. The molecular formula is C14H18N2O. The molecule has 1 atom stereocenters. The number of nitrogens with two attached hydrogens (primary N) is 1. The number of nitrogens with zero attached hydrogens (tertiary/aromatic N) is 1. The lowest BCUT2D eigenvalue weighted by Crippen LogP contribution is -2.23. The van der Waals surface area contributed by atoms with E-state index in [9.17, 15) is 5.26 Å². The van der Waals surface area contributed by atoms with Gasteiger partial charge in [0, 0.05) is 5.56 Å². The molecule has 1 unspecified atom stereocenters. The van der Waals surface area contributed by atoms with Gasteiger partial charge in [0.1, 0.15) is 5.75 Å². The van der Waals surface area contributed by atoms with Gasteiger partial charge in [-0.2, -0.15) is 5.26 Å². The van der Waals surface area contributed by atoms with Crippen molar-refractivity contribution in [3.05, 3.63) is 28.8 Å². The minimum Gasteiger partial charge on any atom is -0.496 e. The summed E-state index contributed by atoms with van der Waals surface area (Å²) in [4.78, 5) is 0. The lowest BCUT2D eigenvalue weighted by atomic mass is 9.88. The Bertz CT molecular complexity index is 484. The number of rotatable bonds is 3.